The monoisotopic (exact) mass is 507 g/mol. The van der Waals surface area contributed by atoms with Gasteiger partial charge in [-0.1, -0.05) is 15.9 Å². The summed E-state index contributed by atoms with van der Waals surface area (Å²) in [6.07, 6.45) is 4.41. The minimum atomic E-state index is 0.259. The lowest BCUT2D eigenvalue weighted by atomic mass is 10.1. The van der Waals surface area contributed by atoms with Crippen molar-refractivity contribution in [2.75, 3.05) is 25.2 Å². The SMILES string of the molecule is COC[C@H]1C[C@@H](N(c2ccc(Br)cc2)c2nc3cc(Oc4ccncc4)ccc3n2C)CN1. The van der Waals surface area contributed by atoms with Gasteiger partial charge in [0.05, 0.1) is 23.7 Å². The Hall–Kier alpha value is -2.94. The molecule has 0 radical (unpaired) electrons. The Kier molecular flexibility index (Phi) is 6.30. The molecule has 33 heavy (non-hydrogen) atoms. The molecule has 2 aromatic heterocycles. The fourth-order valence-corrected chi connectivity index (χ4v) is 4.67. The highest BCUT2D eigenvalue weighted by Crippen LogP contribution is 2.34. The highest BCUT2D eigenvalue weighted by molar-refractivity contribution is 9.10. The lowest BCUT2D eigenvalue weighted by molar-refractivity contribution is 0.173. The minimum Gasteiger partial charge on any atom is -0.457 e. The predicted molar refractivity (Wildman–Crippen MR) is 133 cm³/mol. The van der Waals surface area contributed by atoms with Crippen LogP contribution in [0.25, 0.3) is 11.0 Å². The standard InChI is InChI=1S/C25H26BrN5O2/c1-30-24-8-7-22(33-21-9-11-27-12-10-21)14-23(24)29-25(30)31(19-5-3-17(26)4-6-19)20-13-18(16-32-2)28-15-20/h3-12,14,18,20,28H,13,15-16H2,1-2H3/t18-,20-/m1/s1. The second-order valence-corrected chi connectivity index (χ2v) is 9.12. The van der Waals surface area contributed by atoms with Gasteiger partial charge in [0, 0.05) is 55.4 Å². The Morgan fingerprint density at radius 2 is 1.88 bits per heavy atom. The summed E-state index contributed by atoms with van der Waals surface area (Å²) in [6.45, 7) is 1.56. The number of aryl methyl sites for hydroxylation is 1. The van der Waals surface area contributed by atoms with Gasteiger partial charge in [-0.2, -0.15) is 0 Å². The molecular weight excluding hydrogens is 482 g/mol. The van der Waals surface area contributed by atoms with Crippen molar-refractivity contribution < 1.29 is 9.47 Å². The maximum absolute atomic E-state index is 6.00. The molecule has 2 atom stereocenters. The zero-order valence-corrected chi connectivity index (χ0v) is 20.2. The van der Waals surface area contributed by atoms with Gasteiger partial charge in [0.15, 0.2) is 0 Å². The van der Waals surface area contributed by atoms with E-state index in [-0.39, 0.29) is 6.04 Å². The van der Waals surface area contributed by atoms with Crippen molar-refractivity contribution in [3.63, 3.8) is 0 Å². The van der Waals surface area contributed by atoms with Crippen LogP contribution < -0.4 is 15.0 Å². The molecule has 1 aliphatic heterocycles. The van der Waals surface area contributed by atoms with E-state index < -0.39 is 0 Å². The van der Waals surface area contributed by atoms with Gasteiger partial charge in [-0.05, 0) is 55.0 Å². The second-order valence-electron chi connectivity index (χ2n) is 8.20. The van der Waals surface area contributed by atoms with Crippen LogP contribution in [-0.2, 0) is 11.8 Å². The highest BCUT2D eigenvalue weighted by Gasteiger charge is 2.32. The molecule has 0 amide bonds. The Morgan fingerprint density at radius 1 is 1.09 bits per heavy atom. The van der Waals surface area contributed by atoms with Gasteiger partial charge < -0.3 is 24.3 Å². The van der Waals surface area contributed by atoms with Gasteiger partial charge in [-0.3, -0.25) is 4.98 Å². The van der Waals surface area contributed by atoms with Gasteiger partial charge >= 0.3 is 0 Å². The number of anilines is 2. The van der Waals surface area contributed by atoms with E-state index in [1.807, 2.05) is 24.3 Å². The number of imidazole rings is 1. The minimum absolute atomic E-state index is 0.259. The number of aromatic nitrogens is 3. The molecule has 0 saturated carbocycles. The van der Waals surface area contributed by atoms with Gasteiger partial charge in [-0.25, -0.2) is 4.98 Å². The molecular formula is C25H26BrN5O2. The van der Waals surface area contributed by atoms with Crippen molar-refractivity contribution in [2.45, 2.75) is 18.5 Å². The molecule has 5 rings (SSSR count). The van der Waals surface area contributed by atoms with Crippen LogP contribution in [0.15, 0.2) is 71.5 Å². The molecule has 170 valence electrons. The number of nitrogens with one attached hydrogen (secondary N) is 1. The molecule has 1 N–H and O–H groups in total. The van der Waals surface area contributed by atoms with Gasteiger partial charge in [0.1, 0.15) is 11.5 Å². The Labute approximate surface area is 201 Å². The molecule has 0 bridgehead atoms. The first-order valence-electron chi connectivity index (χ1n) is 10.9. The summed E-state index contributed by atoms with van der Waals surface area (Å²) in [5, 5.41) is 3.59. The largest absolute Gasteiger partial charge is 0.457 e. The van der Waals surface area contributed by atoms with E-state index in [2.05, 4.69) is 73.1 Å². The molecule has 1 aliphatic rings. The summed E-state index contributed by atoms with van der Waals surface area (Å²) in [5.41, 5.74) is 3.05. The number of methoxy groups -OCH3 is 1. The van der Waals surface area contributed by atoms with Crippen molar-refractivity contribution in [3.05, 3.63) is 71.5 Å². The van der Waals surface area contributed by atoms with Gasteiger partial charge in [-0.15, -0.1) is 0 Å². The average molecular weight is 508 g/mol. The van der Waals surface area contributed by atoms with E-state index in [1.54, 1.807) is 19.5 Å². The number of fused-ring (bicyclic) bond motifs is 1. The number of halogens is 1. The van der Waals surface area contributed by atoms with E-state index >= 15 is 0 Å². The number of ether oxygens (including phenoxy) is 2. The molecule has 7 nitrogen and oxygen atoms in total. The van der Waals surface area contributed by atoms with Crippen molar-refractivity contribution in [2.24, 2.45) is 7.05 Å². The first kappa shape index (κ1) is 21.9. The third kappa shape index (κ3) is 4.59. The van der Waals surface area contributed by atoms with Crippen molar-refractivity contribution >= 4 is 38.6 Å². The maximum atomic E-state index is 6.00. The zero-order chi connectivity index (χ0) is 22.8. The van der Waals surface area contributed by atoms with E-state index in [9.17, 15) is 0 Å². The number of hydrogen-bond acceptors (Lipinski definition) is 6. The van der Waals surface area contributed by atoms with E-state index in [4.69, 9.17) is 14.5 Å². The van der Waals surface area contributed by atoms with Gasteiger partial charge in [0.2, 0.25) is 5.95 Å². The molecule has 1 fully saturated rings. The van der Waals surface area contributed by atoms with E-state index in [0.29, 0.717) is 12.6 Å². The molecule has 3 heterocycles. The number of benzene rings is 2. The maximum Gasteiger partial charge on any atom is 0.211 e. The van der Waals surface area contributed by atoms with Gasteiger partial charge in [0.25, 0.3) is 0 Å². The smallest absolute Gasteiger partial charge is 0.211 e. The van der Waals surface area contributed by atoms with Crippen LogP contribution in [-0.4, -0.2) is 46.9 Å². The highest BCUT2D eigenvalue weighted by atomic mass is 79.9. The fourth-order valence-electron chi connectivity index (χ4n) is 4.40. The third-order valence-electron chi connectivity index (χ3n) is 5.97. The molecule has 2 aromatic carbocycles. The Morgan fingerprint density at radius 3 is 2.64 bits per heavy atom. The lowest BCUT2D eigenvalue weighted by Crippen LogP contribution is -2.34. The van der Waals surface area contributed by atoms with Crippen LogP contribution >= 0.6 is 15.9 Å². The summed E-state index contributed by atoms with van der Waals surface area (Å²) in [7, 11) is 3.81. The topological polar surface area (TPSA) is 64.4 Å². The van der Waals surface area contributed by atoms with Crippen molar-refractivity contribution in [3.8, 4) is 11.5 Å². The van der Waals surface area contributed by atoms with Crippen molar-refractivity contribution in [1.82, 2.24) is 19.9 Å². The number of rotatable bonds is 7. The summed E-state index contributed by atoms with van der Waals surface area (Å²) in [5.74, 6) is 2.40. The van der Waals surface area contributed by atoms with Crippen LogP contribution in [0.5, 0.6) is 11.5 Å². The predicted octanol–water partition coefficient (Wildman–Crippen LogP) is 5.04. The average Bonchev–Trinajstić information content (AvgIpc) is 3.41. The molecule has 4 aromatic rings. The molecule has 0 aliphatic carbocycles. The van der Waals surface area contributed by atoms with Crippen LogP contribution in [0.1, 0.15) is 6.42 Å². The van der Waals surface area contributed by atoms with Crippen molar-refractivity contribution in [1.29, 1.82) is 0 Å². The first-order valence-corrected chi connectivity index (χ1v) is 11.7. The number of hydrogen-bond donors (Lipinski definition) is 1. The molecule has 8 heteroatoms. The zero-order valence-electron chi connectivity index (χ0n) is 18.6. The molecule has 1 saturated heterocycles. The summed E-state index contributed by atoms with van der Waals surface area (Å²) in [6, 6.07) is 18.7. The molecule has 0 spiro atoms. The number of pyridine rings is 1. The van der Waals surface area contributed by atoms with E-state index in [1.165, 1.54) is 0 Å². The quantitative estimate of drug-likeness (QED) is 0.378. The normalized spacial score (nSPS) is 18.0. The second kappa shape index (κ2) is 9.51. The fraction of sp³-hybridized carbons (Fsp3) is 0.280. The van der Waals surface area contributed by atoms with Crippen LogP contribution in [0.4, 0.5) is 11.6 Å². The summed E-state index contributed by atoms with van der Waals surface area (Å²) < 4.78 is 14.6. The van der Waals surface area contributed by atoms with Crippen LogP contribution in [0.3, 0.4) is 0 Å². The molecule has 0 unspecified atom stereocenters. The number of nitrogens with zero attached hydrogens (tertiary/aromatic N) is 4. The summed E-state index contributed by atoms with van der Waals surface area (Å²) >= 11 is 3.56. The van der Waals surface area contributed by atoms with Crippen LogP contribution in [0.2, 0.25) is 0 Å². The van der Waals surface area contributed by atoms with E-state index in [0.717, 1.165) is 51.6 Å². The lowest BCUT2D eigenvalue weighted by Gasteiger charge is -2.30. The first-order chi connectivity index (χ1) is 16.1. The van der Waals surface area contributed by atoms with Crippen LogP contribution in [0, 0.1) is 0 Å². The Balaban J connectivity index is 1.52. The Bertz CT molecular complexity index is 1230. The summed E-state index contributed by atoms with van der Waals surface area (Å²) in [4.78, 5) is 11.4. The third-order valence-corrected chi connectivity index (χ3v) is 6.49.